The summed E-state index contributed by atoms with van der Waals surface area (Å²) in [4.78, 5) is 23.0. The van der Waals surface area contributed by atoms with Crippen molar-refractivity contribution in [3.8, 4) is 0 Å². The molecular formula is C15H21N5O. The van der Waals surface area contributed by atoms with E-state index in [1.54, 1.807) is 17.1 Å². The minimum absolute atomic E-state index is 0.0454. The van der Waals surface area contributed by atoms with Gasteiger partial charge in [0.25, 0.3) is 0 Å². The molecular weight excluding hydrogens is 266 g/mol. The summed E-state index contributed by atoms with van der Waals surface area (Å²) in [6.45, 7) is 5.49. The normalized spacial score (nSPS) is 19.4. The number of likely N-dealkylation sites (tertiary alicyclic amines) is 1. The standard InChI is InChI=1S/C15H21N5O/c1-10(2)15(21)20-8-4-5-11(9-20)12-13-14(19(3)18-12)17-7-6-16-13/h6-7,10-11H,4-5,8-9H2,1-3H3/t11-/m1/s1. The summed E-state index contributed by atoms with van der Waals surface area (Å²) in [5, 5.41) is 4.61. The van der Waals surface area contributed by atoms with Crippen LogP contribution in [-0.4, -0.2) is 43.6 Å². The van der Waals surface area contributed by atoms with E-state index >= 15 is 0 Å². The van der Waals surface area contributed by atoms with Gasteiger partial charge < -0.3 is 4.90 Å². The first-order chi connectivity index (χ1) is 10.1. The molecule has 0 aliphatic carbocycles. The Morgan fingerprint density at radius 1 is 1.33 bits per heavy atom. The maximum Gasteiger partial charge on any atom is 0.225 e. The van der Waals surface area contributed by atoms with Gasteiger partial charge in [-0.3, -0.25) is 4.79 Å². The third kappa shape index (κ3) is 2.50. The van der Waals surface area contributed by atoms with Gasteiger partial charge in [-0.05, 0) is 12.8 Å². The van der Waals surface area contributed by atoms with E-state index in [0.717, 1.165) is 42.8 Å². The molecule has 1 aliphatic rings. The topological polar surface area (TPSA) is 63.9 Å². The van der Waals surface area contributed by atoms with Crippen molar-refractivity contribution in [3.05, 3.63) is 18.1 Å². The lowest BCUT2D eigenvalue weighted by Gasteiger charge is -2.33. The molecule has 3 rings (SSSR count). The first-order valence-corrected chi connectivity index (χ1v) is 7.50. The molecule has 2 aromatic rings. The zero-order chi connectivity index (χ0) is 15.0. The molecule has 1 atom stereocenters. The number of rotatable bonds is 2. The largest absolute Gasteiger partial charge is 0.342 e. The second-order valence-electron chi connectivity index (χ2n) is 6.02. The molecule has 112 valence electrons. The van der Waals surface area contributed by atoms with Crippen molar-refractivity contribution in [2.45, 2.75) is 32.6 Å². The summed E-state index contributed by atoms with van der Waals surface area (Å²) in [5.41, 5.74) is 2.64. The van der Waals surface area contributed by atoms with E-state index in [2.05, 4.69) is 15.1 Å². The molecule has 21 heavy (non-hydrogen) atoms. The smallest absolute Gasteiger partial charge is 0.225 e. The van der Waals surface area contributed by atoms with Gasteiger partial charge in [-0.15, -0.1) is 0 Å². The van der Waals surface area contributed by atoms with Crippen LogP contribution in [0.3, 0.4) is 0 Å². The predicted octanol–water partition coefficient (Wildman–Crippen LogP) is 1.73. The highest BCUT2D eigenvalue weighted by Crippen LogP contribution is 2.30. The Labute approximate surface area is 124 Å². The summed E-state index contributed by atoms with van der Waals surface area (Å²) < 4.78 is 1.78. The fourth-order valence-corrected chi connectivity index (χ4v) is 3.05. The van der Waals surface area contributed by atoms with Gasteiger partial charge in [0.1, 0.15) is 5.52 Å². The van der Waals surface area contributed by atoms with Crippen LogP contribution in [0, 0.1) is 5.92 Å². The van der Waals surface area contributed by atoms with Crippen molar-refractivity contribution in [1.82, 2.24) is 24.6 Å². The molecule has 1 saturated heterocycles. The van der Waals surface area contributed by atoms with Gasteiger partial charge in [-0.2, -0.15) is 5.10 Å². The molecule has 1 aliphatic heterocycles. The fourth-order valence-electron chi connectivity index (χ4n) is 3.05. The number of nitrogens with zero attached hydrogens (tertiary/aromatic N) is 5. The molecule has 3 heterocycles. The average molecular weight is 287 g/mol. The number of fused-ring (bicyclic) bond motifs is 1. The number of piperidine rings is 1. The monoisotopic (exact) mass is 287 g/mol. The first-order valence-electron chi connectivity index (χ1n) is 7.50. The maximum atomic E-state index is 12.2. The lowest BCUT2D eigenvalue weighted by molar-refractivity contribution is -0.135. The lowest BCUT2D eigenvalue weighted by atomic mass is 9.93. The number of hydrogen-bond donors (Lipinski definition) is 0. The summed E-state index contributed by atoms with van der Waals surface area (Å²) >= 11 is 0. The number of carbonyl (C=O) groups excluding carboxylic acids is 1. The van der Waals surface area contributed by atoms with Gasteiger partial charge in [0.05, 0.1) is 5.69 Å². The number of hydrogen-bond acceptors (Lipinski definition) is 4. The molecule has 0 unspecified atom stereocenters. The van der Waals surface area contributed by atoms with Gasteiger partial charge in [-0.25, -0.2) is 14.6 Å². The average Bonchev–Trinajstić information content (AvgIpc) is 2.84. The van der Waals surface area contributed by atoms with E-state index in [1.807, 2.05) is 25.8 Å². The van der Waals surface area contributed by atoms with E-state index in [1.165, 1.54) is 0 Å². The van der Waals surface area contributed by atoms with Crippen LogP contribution >= 0.6 is 0 Å². The molecule has 1 fully saturated rings. The molecule has 0 saturated carbocycles. The summed E-state index contributed by atoms with van der Waals surface area (Å²) in [5.74, 6) is 0.525. The summed E-state index contributed by atoms with van der Waals surface area (Å²) in [6.07, 6.45) is 5.45. The van der Waals surface area contributed by atoms with Crippen molar-refractivity contribution in [2.75, 3.05) is 13.1 Å². The fraction of sp³-hybridized carbons (Fsp3) is 0.600. The Balaban J connectivity index is 1.90. The second kappa shape index (κ2) is 5.42. The zero-order valence-corrected chi connectivity index (χ0v) is 12.8. The first kappa shape index (κ1) is 14.0. The van der Waals surface area contributed by atoms with Crippen LogP contribution in [0.4, 0.5) is 0 Å². The highest BCUT2D eigenvalue weighted by molar-refractivity contribution is 5.78. The van der Waals surface area contributed by atoms with Crippen LogP contribution in [0.25, 0.3) is 11.2 Å². The van der Waals surface area contributed by atoms with Crippen LogP contribution in [0.2, 0.25) is 0 Å². The van der Waals surface area contributed by atoms with E-state index in [-0.39, 0.29) is 17.7 Å². The third-order valence-corrected chi connectivity index (χ3v) is 4.10. The molecule has 0 aromatic carbocycles. The number of carbonyl (C=O) groups is 1. The van der Waals surface area contributed by atoms with E-state index < -0.39 is 0 Å². The van der Waals surface area contributed by atoms with Crippen LogP contribution in [0.15, 0.2) is 12.4 Å². The Kier molecular flexibility index (Phi) is 3.61. The van der Waals surface area contributed by atoms with Crippen LogP contribution in [-0.2, 0) is 11.8 Å². The van der Waals surface area contributed by atoms with E-state index in [4.69, 9.17) is 0 Å². The van der Waals surface area contributed by atoms with Gasteiger partial charge in [0.2, 0.25) is 5.91 Å². The van der Waals surface area contributed by atoms with Crippen molar-refractivity contribution in [2.24, 2.45) is 13.0 Å². The Hall–Kier alpha value is -1.98. The highest BCUT2D eigenvalue weighted by Gasteiger charge is 2.29. The van der Waals surface area contributed by atoms with Crippen LogP contribution in [0.1, 0.15) is 38.3 Å². The van der Waals surface area contributed by atoms with Gasteiger partial charge >= 0.3 is 0 Å². The molecule has 6 nitrogen and oxygen atoms in total. The third-order valence-electron chi connectivity index (χ3n) is 4.10. The van der Waals surface area contributed by atoms with Crippen molar-refractivity contribution in [1.29, 1.82) is 0 Å². The zero-order valence-electron chi connectivity index (χ0n) is 12.8. The number of amides is 1. The molecule has 0 radical (unpaired) electrons. The minimum atomic E-state index is 0.0454. The molecule has 1 amide bonds. The molecule has 0 bridgehead atoms. The second-order valence-corrected chi connectivity index (χ2v) is 6.02. The highest BCUT2D eigenvalue weighted by atomic mass is 16.2. The van der Waals surface area contributed by atoms with Crippen molar-refractivity contribution in [3.63, 3.8) is 0 Å². The summed E-state index contributed by atoms with van der Waals surface area (Å²) in [7, 11) is 1.89. The van der Waals surface area contributed by atoms with Gasteiger partial charge in [-0.1, -0.05) is 13.8 Å². The lowest BCUT2D eigenvalue weighted by Crippen LogP contribution is -2.41. The van der Waals surface area contributed by atoms with Crippen molar-refractivity contribution < 1.29 is 4.79 Å². The minimum Gasteiger partial charge on any atom is -0.342 e. The Morgan fingerprint density at radius 2 is 2.10 bits per heavy atom. The molecule has 2 aromatic heterocycles. The number of aryl methyl sites for hydroxylation is 1. The predicted molar refractivity (Wildman–Crippen MR) is 79.7 cm³/mol. The van der Waals surface area contributed by atoms with E-state index in [9.17, 15) is 4.79 Å². The van der Waals surface area contributed by atoms with Crippen LogP contribution in [0.5, 0.6) is 0 Å². The Morgan fingerprint density at radius 3 is 2.86 bits per heavy atom. The number of aromatic nitrogens is 4. The Bertz CT molecular complexity index is 663. The summed E-state index contributed by atoms with van der Waals surface area (Å²) in [6, 6.07) is 0. The SMILES string of the molecule is CC(C)C(=O)N1CCC[C@@H](c2nn(C)c3nccnc23)C1. The van der Waals surface area contributed by atoms with Gasteiger partial charge in [0, 0.05) is 44.4 Å². The molecule has 6 heteroatoms. The maximum absolute atomic E-state index is 12.2. The van der Waals surface area contributed by atoms with Crippen molar-refractivity contribution >= 4 is 17.1 Å². The quantitative estimate of drug-likeness (QED) is 0.843. The van der Waals surface area contributed by atoms with E-state index in [0.29, 0.717) is 0 Å². The molecule has 0 spiro atoms. The molecule has 0 N–H and O–H groups in total. The van der Waals surface area contributed by atoms with Gasteiger partial charge in [0.15, 0.2) is 5.65 Å². The van der Waals surface area contributed by atoms with Crippen LogP contribution < -0.4 is 0 Å².